The highest BCUT2D eigenvalue weighted by atomic mass is 79.9. The molecule has 190 valence electrons. The van der Waals surface area contributed by atoms with Crippen molar-refractivity contribution >= 4 is 51.1 Å². The van der Waals surface area contributed by atoms with Crippen LogP contribution in [0.1, 0.15) is 37.0 Å². The van der Waals surface area contributed by atoms with E-state index in [1.54, 1.807) is 4.90 Å². The molecule has 0 aromatic heterocycles. The van der Waals surface area contributed by atoms with Gasteiger partial charge < -0.3 is 10.2 Å². The van der Waals surface area contributed by atoms with Gasteiger partial charge in [-0.3, -0.25) is 9.59 Å². The van der Waals surface area contributed by atoms with Crippen molar-refractivity contribution in [2.75, 3.05) is 5.75 Å². The standard InChI is InChI=1S/C29H32BrClN2O2S/c1-3-21(2)32-29(35)27(17-22-10-5-4-6-11-22)33(18-23-12-9-14-25(30)16-23)28(34)20-36-19-24-13-7-8-15-26(24)31/h4-16,21,27H,3,17-20H2,1-2H3,(H,32,35)/t21-,27+/m0/s1. The summed E-state index contributed by atoms with van der Waals surface area (Å²) in [5.74, 6) is 0.666. The van der Waals surface area contributed by atoms with Crippen LogP contribution in [0.15, 0.2) is 83.3 Å². The first-order valence-electron chi connectivity index (χ1n) is 12.1. The maximum Gasteiger partial charge on any atom is 0.243 e. The third-order valence-electron chi connectivity index (χ3n) is 5.96. The van der Waals surface area contributed by atoms with Gasteiger partial charge in [-0.1, -0.05) is 95.1 Å². The number of halogens is 2. The molecule has 0 saturated heterocycles. The van der Waals surface area contributed by atoms with Crippen LogP contribution in [0.4, 0.5) is 0 Å². The lowest BCUT2D eigenvalue weighted by Gasteiger charge is -2.32. The third kappa shape index (κ3) is 8.68. The fourth-order valence-corrected chi connectivity index (χ4v) is 5.42. The molecule has 3 aromatic carbocycles. The Hall–Kier alpha value is -2.28. The first-order valence-corrected chi connectivity index (χ1v) is 14.4. The highest BCUT2D eigenvalue weighted by Crippen LogP contribution is 2.23. The predicted molar refractivity (Wildman–Crippen MR) is 154 cm³/mol. The van der Waals surface area contributed by atoms with Crippen molar-refractivity contribution in [3.05, 3.63) is 105 Å². The van der Waals surface area contributed by atoms with Crippen LogP contribution in [0.5, 0.6) is 0 Å². The van der Waals surface area contributed by atoms with Gasteiger partial charge in [-0.15, -0.1) is 11.8 Å². The summed E-state index contributed by atoms with van der Waals surface area (Å²) in [7, 11) is 0. The van der Waals surface area contributed by atoms with Gasteiger partial charge in [0.2, 0.25) is 11.8 Å². The van der Waals surface area contributed by atoms with E-state index >= 15 is 0 Å². The van der Waals surface area contributed by atoms with Gasteiger partial charge in [0.05, 0.1) is 5.75 Å². The number of thioether (sulfide) groups is 1. The molecule has 0 fully saturated rings. The summed E-state index contributed by atoms with van der Waals surface area (Å²) in [5.41, 5.74) is 2.96. The lowest BCUT2D eigenvalue weighted by molar-refractivity contribution is -0.139. The Morgan fingerprint density at radius 1 is 1.00 bits per heavy atom. The summed E-state index contributed by atoms with van der Waals surface area (Å²) >= 11 is 11.3. The smallest absolute Gasteiger partial charge is 0.243 e. The van der Waals surface area contributed by atoms with Crippen molar-refractivity contribution in [3.63, 3.8) is 0 Å². The molecule has 0 saturated carbocycles. The zero-order valence-electron chi connectivity index (χ0n) is 20.6. The van der Waals surface area contributed by atoms with Crippen LogP contribution in [0.3, 0.4) is 0 Å². The van der Waals surface area contributed by atoms with Crippen LogP contribution in [0.25, 0.3) is 0 Å². The quantitative estimate of drug-likeness (QED) is 0.251. The summed E-state index contributed by atoms with van der Waals surface area (Å²) in [6.45, 7) is 4.36. The van der Waals surface area contributed by atoms with E-state index in [0.717, 1.165) is 27.6 Å². The molecule has 0 aliphatic heterocycles. The Kier molecular flexibility index (Phi) is 11.4. The van der Waals surface area contributed by atoms with Crippen LogP contribution in [-0.4, -0.2) is 34.6 Å². The summed E-state index contributed by atoms with van der Waals surface area (Å²) in [6, 6.07) is 24.8. The Balaban J connectivity index is 1.86. The molecule has 4 nitrogen and oxygen atoms in total. The fraction of sp³-hybridized carbons (Fsp3) is 0.310. The number of hydrogen-bond donors (Lipinski definition) is 1. The van der Waals surface area contributed by atoms with Crippen molar-refractivity contribution in [2.45, 2.75) is 51.1 Å². The van der Waals surface area contributed by atoms with Crippen molar-refractivity contribution in [1.29, 1.82) is 0 Å². The lowest BCUT2D eigenvalue weighted by Crippen LogP contribution is -2.52. The van der Waals surface area contributed by atoms with E-state index < -0.39 is 6.04 Å². The van der Waals surface area contributed by atoms with Gasteiger partial charge >= 0.3 is 0 Å². The number of rotatable bonds is 12. The molecular weight excluding hydrogens is 556 g/mol. The summed E-state index contributed by atoms with van der Waals surface area (Å²) < 4.78 is 0.934. The van der Waals surface area contributed by atoms with E-state index in [1.165, 1.54) is 11.8 Å². The largest absolute Gasteiger partial charge is 0.352 e. The molecule has 0 heterocycles. The molecule has 7 heteroatoms. The van der Waals surface area contributed by atoms with Gasteiger partial charge in [0, 0.05) is 34.3 Å². The van der Waals surface area contributed by atoms with Crippen LogP contribution < -0.4 is 5.32 Å². The SMILES string of the molecule is CC[C@H](C)NC(=O)[C@@H](Cc1ccccc1)N(Cc1cccc(Br)c1)C(=O)CSCc1ccccc1Cl. The normalized spacial score (nSPS) is 12.6. The van der Waals surface area contributed by atoms with Crippen LogP contribution in [-0.2, 0) is 28.3 Å². The Morgan fingerprint density at radius 2 is 1.69 bits per heavy atom. The van der Waals surface area contributed by atoms with E-state index in [1.807, 2.05) is 92.7 Å². The number of hydrogen-bond acceptors (Lipinski definition) is 3. The Morgan fingerprint density at radius 3 is 2.39 bits per heavy atom. The average Bonchev–Trinajstić information content (AvgIpc) is 2.87. The fourth-order valence-electron chi connectivity index (χ4n) is 3.77. The minimum atomic E-state index is -0.631. The molecule has 0 bridgehead atoms. The van der Waals surface area contributed by atoms with Gasteiger partial charge in [0.1, 0.15) is 6.04 Å². The molecule has 0 aliphatic rings. The molecular formula is C29H32BrClN2O2S. The maximum atomic E-state index is 13.7. The molecule has 36 heavy (non-hydrogen) atoms. The highest BCUT2D eigenvalue weighted by Gasteiger charge is 2.31. The van der Waals surface area contributed by atoms with Crippen LogP contribution in [0, 0.1) is 0 Å². The van der Waals surface area contributed by atoms with Crippen molar-refractivity contribution in [2.24, 2.45) is 0 Å². The molecule has 0 radical (unpaired) electrons. The van der Waals surface area contributed by atoms with Gasteiger partial charge in [-0.05, 0) is 48.2 Å². The molecule has 2 amide bonds. The molecule has 1 N–H and O–H groups in total. The zero-order chi connectivity index (χ0) is 25.9. The van der Waals surface area contributed by atoms with Crippen molar-refractivity contribution < 1.29 is 9.59 Å². The molecule has 0 spiro atoms. The van der Waals surface area contributed by atoms with Crippen LogP contribution in [0.2, 0.25) is 5.02 Å². The van der Waals surface area contributed by atoms with E-state index in [9.17, 15) is 9.59 Å². The summed E-state index contributed by atoms with van der Waals surface area (Å²) in [6.07, 6.45) is 1.26. The summed E-state index contributed by atoms with van der Waals surface area (Å²) in [4.78, 5) is 28.9. The first-order chi connectivity index (χ1) is 17.4. The third-order valence-corrected chi connectivity index (χ3v) is 7.78. The van der Waals surface area contributed by atoms with Gasteiger partial charge in [-0.25, -0.2) is 0 Å². The average molecular weight is 588 g/mol. The molecule has 0 unspecified atom stereocenters. The number of nitrogens with zero attached hydrogens (tertiary/aromatic N) is 1. The number of nitrogens with one attached hydrogen (secondary N) is 1. The Bertz CT molecular complexity index is 1140. The second kappa shape index (κ2) is 14.5. The number of carbonyl (C=O) groups is 2. The molecule has 3 aromatic rings. The van der Waals surface area contributed by atoms with Crippen LogP contribution >= 0.6 is 39.3 Å². The predicted octanol–water partition coefficient (Wildman–Crippen LogP) is 6.89. The number of carbonyl (C=O) groups excluding carboxylic acids is 2. The second-order valence-corrected chi connectivity index (χ2v) is 11.1. The van der Waals surface area contributed by atoms with E-state index in [0.29, 0.717) is 23.7 Å². The number of amides is 2. The maximum absolute atomic E-state index is 13.7. The van der Waals surface area contributed by atoms with Gasteiger partial charge in [0.25, 0.3) is 0 Å². The lowest BCUT2D eigenvalue weighted by atomic mass is 10.0. The first kappa shape index (κ1) is 28.3. The monoisotopic (exact) mass is 586 g/mol. The van der Waals surface area contributed by atoms with E-state index in [2.05, 4.69) is 21.2 Å². The van der Waals surface area contributed by atoms with Crippen molar-refractivity contribution in [1.82, 2.24) is 10.2 Å². The zero-order valence-corrected chi connectivity index (χ0v) is 23.8. The molecule has 0 aliphatic carbocycles. The van der Waals surface area contributed by atoms with Gasteiger partial charge in [-0.2, -0.15) is 0 Å². The topological polar surface area (TPSA) is 49.4 Å². The van der Waals surface area contributed by atoms with Crippen molar-refractivity contribution in [3.8, 4) is 0 Å². The number of benzene rings is 3. The molecule has 2 atom stereocenters. The summed E-state index contributed by atoms with van der Waals surface area (Å²) in [5, 5.41) is 3.80. The second-order valence-electron chi connectivity index (χ2n) is 8.76. The van der Waals surface area contributed by atoms with E-state index in [-0.39, 0.29) is 23.6 Å². The van der Waals surface area contributed by atoms with Gasteiger partial charge in [0.15, 0.2) is 0 Å². The van der Waals surface area contributed by atoms with E-state index in [4.69, 9.17) is 11.6 Å². The molecule has 3 rings (SSSR count). The minimum absolute atomic E-state index is 0.0215. The Labute approximate surface area is 231 Å². The minimum Gasteiger partial charge on any atom is -0.352 e. The highest BCUT2D eigenvalue weighted by molar-refractivity contribution is 9.10.